The molecule has 372 valence electrons. The second-order valence-corrected chi connectivity index (χ2v) is 21.6. The lowest BCUT2D eigenvalue weighted by atomic mass is 9.85. The van der Waals surface area contributed by atoms with Crippen LogP contribution in [0.2, 0.25) is 0 Å². The molecule has 0 spiro atoms. The zero-order valence-electron chi connectivity index (χ0n) is 41.1. The van der Waals surface area contributed by atoms with Crippen molar-refractivity contribution in [2.75, 3.05) is 19.7 Å². The van der Waals surface area contributed by atoms with Crippen LogP contribution in [-0.2, 0) is 27.3 Å². The number of β-amino-alcohol motifs (C(OH)–C–C–N with tert-alkyl or cyclic N) is 1. The number of halogens is 3. The number of rotatable bonds is 20. The standard InChI is InChI=1S/C54H69F3N6O5S/c1-33-25-40-39-17-14-15-18-43(39)60-47(40)48(63(33)31-54(6,7)57)46-41(55)27-38(28-42(46)56)68-24-16-12-10-8-9-11-13-19-45(65)61-50(53(3,4)5)52(67)62-30-37(64)26-44(62)51(66)58-29-35-20-22-36(23-21-35)49-34(2)59-32-69-49/h14-15,17-18,20-23,27-28,32-33,37,44,48,50,60,64H,8-13,16,19,24-26,29-31H2,1-7H3,(H,58,66)(H,61,65)/t33-,37-,44+,48-,50-/m1/s1. The summed E-state index contributed by atoms with van der Waals surface area (Å²) in [5, 5.41) is 17.5. The maximum Gasteiger partial charge on any atom is 0.246 e. The van der Waals surface area contributed by atoms with E-state index in [9.17, 15) is 19.5 Å². The molecule has 2 aliphatic rings. The van der Waals surface area contributed by atoms with E-state index in [1.165, 1.54) is 30.9 Å². The van der Waals surface area contributed by atoms with Gasteiger partial charge in [-0.2, -0.15) is 0 Å². The van der Waals surface area contributed by atoms with E-state index >= 15 is 13.2 Å². The molecule has 1 saturated heterocycles. The fourth-order valence-corrected chi connectivity index (χ4v) is 10.7. The number of nitrogens with zero attached hydrogens (tertiary/aromatic N) is 3. The average molecular weight is 971 g/mol. The lowest BCUT2D eigenvalue weighted by Crippen LogP contribution is -2.57. The van der Waals surface area contributed by atoms with Crippen LogP contribution >= 0.6 is 11.3 Å². The molecule has 11 nitrogen and oxygen atoms in total. The van der Waals surface area contributed by atoms with Crippen molar-refractivity contribution in [3.63, 3.8) is 0 Å². The zero-order chi connectivity index (χ0) is 49.6. The van der Waals surface area contributed by atoms with Gasteiger partial charge in [-0.05, 0) is 75.1 Å². The fourth-order valence-electron chi connectivity index (χ4n) is 9.88. The summed E-state index contributed by atoms with van der Waals surface area (Å²) in [6, 6.07) is 15.4. The number of nitrogens with one attached hydrogen (secondary N) is 3. The molecule has 5 atom stereocenters. The van der Waals surface area contributed by atoms with Crippen molar-refractivity contribution in [3.05, 3.63) is 106 Å². The number of aromatic nitrogens is 2. The molecule has 0 bridgehead atoms. The van der Waals surface area contributed by atoms with Gasteiger partial charge in [-0.3, -0.25) is 19.3 Å². The van der Waals surface area contributed by atoms with E-state index in [0.29, 0.717) is 31.6 Å². The molecule has 0 saturated carbocycles. The van der Waals surface area contributed by atoms with Crippen LogP contribution in [-0.4, -0.2) is 92.2 Å². The molecule has 5 aromatic rings. The van der Waals surface area contributed by atoms with E-state index in [4.69, 9.17) is 4.74 Å². The molecule has 3 aromatic carbocycles. The van der Waals surface area contributed by atoms with Gasteiger partial charge in [0.1, 0.15) is 35.1 Å². The number of amides is 3. The minimum Gasteiger partial charge on any atom is -0.493 e. The number of alkyl halides is 1. The number of carbonyl (C=O) groups excluding carboxylic acids is 3. The Balaban J connectivity index is 0.826. The maximum absolute atomic E-state index is 16.1. The number of hydrogen-bond acceptors (Lipinski definition) is 8. The molecule has 0 unspecified atom stereocenters. The number of carbonyl (C=O) groups is 3. The number of ether oxygens (including phenoxy) is 1. The molecule has 2 aliphatic heterocycles. The van der Waals surface area contributed by atoms with Crippen LogP contribution in [0.5, 0.6) is 5.75 Å². The third-order valence-electron chi connectivity index (χ3n) is 13.4. The van der Waals surface area contributed by atoms with Gasteiger partial charge in [0, 0.05) is 72.8 Å². The summed E-state index contributed by atoms with van der Waals surface area (Å²) in [7, 11) is 0. The van der Waals surface area contributed by atoms with Crippen molar-refractivity contribution in [1.82, 2.24) is 30.4 Å². The Morgan fingerprint density at radius 3 is 2.28 bits per heavy atom. The van der Waals surface area contributed by atoms with Gasteiger partial charge >= 0.3 is 0 Å². The molecular formula is C54H69F3N6O5S. The maximum atomic E-state index is 16.1. The molecule has 7 rings (SSSR count). The Hall–Kier alpha value is -5.25. The first-order valence-corrected chi connectivity index (χ1v) is 25.4. The highest BCUT2D eigenvalue weighted by molar-refractivity contribution is 7.13. The molecule has 4 N–H and O–H groups in total. The van der Waals surface area contributed by atoms with Gasteiger partial charge in [0.25, 0.3) is 0 Å². The molecule has 0 aliphatic carbocycles. The van der Waals surface area contributed by atoms with Crippen LogP contribution in [0, 0.1) is 24.0 Å². The average Bonchev–Trinajstić information content (AvgIpc) is 4.01. The highest BCUT2D eigenvalue weighted by Gasteiger charge is 2.45. The highest BCUT2D eigenvalue weighted by Crippen LogP contribution is 2.44. The first-order valence-electron chi connectivity index (χ1n) is 24.5. The van der Waals surface area contributed by atoms with Crippen molar-refractivity contribution in [1.29, 1.82) is 0 Å². The van der Waals surface area contributed by atoms with Gasteiger partial charge < -0.3 is 30.4 Å². The van der Waals surface area contributed by atoms with Crippen LogP contribution < -0.4 is 15.4 Å². The molecule has 3 amide bonds. The largest absolute Gasteiger partial charge is 0.493 e. The summed E-state index contributed by atoms with van der Waals surface area (Å²) >= 11 is 1.57. The van der Waals surface area contributed by atoms with Crippen molar-refractivity contribution in [2.24, 2.45) is 5.41 Å². The number of para-hydroxylation sites is 1. The molecule has 1 fully saturated rings. The van der Waals surface area contributed by atoms with E-state index in [1.54, 1.807) is 11.3 Å². The first-order chi connectivity index (χ1) is 32.8. The van der Waals surface area contributed by atoms with Crippen LogP contribution in [0.25, 0.3) is 21.3 Å². The number of benzene rings is 3. The van der Waals surface area contributed by atoms with Crippen molar-refractivity contribution >= 4 is 40.0 Å². The minimum absolute atomic E-state index is 0.00376. The van der Waals surface area contributed by atoms with E-state index in [0.717, 1.165) is 70.3 Å². The minimum atomic E-state index is -1.59. The number of unbranched alkanes of at least 4 members (excludes halogenated alkanes) is 6. The molecule has 2 aromatic heterocycles. The fraction of sp³-hybridized carbons (Fsp3) is 0.519. The van der Waals surface area contributed by atoms with Gasteiger partial charge in [0.15, 0.2) is 0 Å². The number of hydrogen-bond donors (Lipinski definition) is 4. The Labute approximate surface area is 408 Å². The lowest BCUT2D eigenvalue weighted by molar-refractivity contribution is -0.144. The number of thiazole rings is 1. The predicted molar refractivity (Wildman–Crippen MR) is 266 cm³/mol. The Morgan fingerprint density at radius 1 is 0.957 bits per heavy atom. The smallest absolute Gasteiger partial charge is 0.246 e. The molecule has 15 heteroatoms. The van der Waals surface area contributed by atoms with Crippen LogP contribution in [0.4, 0.5) is 13.2 Å². The quantitative estimate of drug-likeness (QED) is 0.0570. The molecular weight excluding hydrogens is 902 g/mol. The number of H-pyrrole nitrogens is 1. The Morgan fingerprint density at radius 2 is 1.62 bits per heavy atom. The second-order valence-electron chi connectivity index (χ2n) is 20.7. The Kier molecular flexibility index (Phi) is 16.6. The highest BCUT2D eigenvalue weighted by atomic mass is 32.1. The summed E-state index contributed by atoms with van der Waals surface area (Å²) in [4.78, 5) is 52.8. The summed E-state index contributed by atoms with van der Waals surface area (Å²) in [5.41, 5.74) is 4.92. The number of aromatic amines is 1. The number of likely N-dealkylation sites (tertiary alicyclic amines) is 1. The van der Waals surface area contributed by atoms with Crippen molar-refractivity contribution < 1.29 is 37.4 Å². The summed E-state index contributed by atoms with van der Waals surface area (Å²) in [5.74, 6) is -2.34. The van der Waals surface area contributed by atoms with E-state index in [1.807, 2.05) is 93.6 Å². The number of aryl methyl sites for hydroxylation is 1. The van der Waals surface area contributed by atoms with Crippen LogP contribution in [0.3, 0.4) is 0 Å². The zero-order valence-corrected chi connectivity index (χ0v) is 41.9. The third-order valence-corrected chi connectivity index (χ3v) is 14.4. The third kappa shape index (κ3) is 12.8. The van der Waals surface area contributed by atoms with Gasteiger partial charge in [0.05, 0.1) is 34.8 Å². The van der Waals surface area contributed by atoms with Gasteiger partial charge in [-0.25, -0.2) is 18.2 Å². The second kappa shape index (κ2) is 22.2. The Bertz CT molecular complexity index is 2540. The van der Waals surface area contributed by atoms with Crippen LogP contribution in [0.15, 0.2) is 66.2 Å². The lowest BCUT2D eigenvalue weighted by Gasteiger charge is -2.43. The van der Waals surface area contributed by atoms with E-state index in [-0.39, 0.29) is 61.6 Å². The van der Waals surface area contributed by atoms with Gasteiger partial charge in [-0.15, -0.1) is 11.3 Å². The van der Waals surface area contributed by atoms with Gasteiger partial charge in [-0.1, -0.05) is 95.3 Å². The predicted octanol–water partition coefficient (Wildman–Crippen LogP) is 10.3. The first kappa shape index (κ1) is 51.6. The van der Waals surface area contributed by atoms with Crippen molar-refractivity contribution in [2.45, 2.75) is 155 Å². The summed E-state index contributed by atoms with van der Waals surface area (Å²) < 4.78 is 53.1. The monoisotopic (exact) mass is 971 g/mol. The molecule has 4 heterocycles. The van der Waals surface area contributed by atoms with Gasteiger partial charge in [0.2, 0.25) is 17.7 Å². The number of aliphatic hydroxyl groups is 1. The summed E-state index contributed by atoms with van der Waals surface area (Å²) in [6.07, 6.45) is 5.97. The van der Waals surface area contributed by atoms with E-state index in [2.05, 4.69) is 20.6 Å². The molecule has 0 radical (unpaired) electrons. The normalized spacial score (nSPS) is 19.1. The topological polar surface area (TPSA) is 140 Å². The number of fused-ring (bicyclic) bond motifs is 3. The van der Waals surface area contributed by atoms with Crippen LogP contribution in [0.1, 0.15) is 133 Å². The van der Waals surface area contributed by atoms with Crippen molar-refractivity contribution in [3.8, 4) is 16.2 Å². The number of aliphatic hydroxyl groups excluding tert-OH is 1. The van der Waals surface area contributed by atoms with E-state index < -0.39 is 52.9 Å². The summed E-state index contributed by atoms with van der Waals surface area (Å²) in [6.45, 7) is 13.1. The molecule has 69 heavy (non-hydrogen) atoms. The SMILES string of the molecule is Cc1ncsc1-c1ccc(CNC(=O)[C@@H]2C[C@@H](O)CN2C(=O)[C@@H](NC(=O)CCCCCCCCCOc2cc(F)c([C@@H]3c4[nH]c5ccccc5c4C[C@@H](C)N3CC(C)(C)F)c(F)c2)C(C)(C)C)cc1.